The largest absolute Gasteiger partial charge is 0.476 e. The van der Waals surface area contributed by atoms with Crippen molar-refractivity contribution in [3.63, 3.8) is 0 Å². The molecule has 1 fully saturated rings. The molecule has 2 aliphatic rings. The Morgan fingerprint density at radius 3 is 2.33 bits per heavy atom. The summed E-state index contributed by atoms with van der Waals surface area (Å²) in [6.07, 6.45) is 3.17. The zero-order valence-corrected chi connectivity index (χ0v) is 26.7. The topological polar surface area (TPSA) is 103 Å². The standard InChI is InChI=1S/C29H38ClF2N4O6P/c1-18(2)14-40-43(38,41-15-19(3)4)42-17-39-24-8-6-7-23(31)26(24)25-22(30)13-21-28(27(25)32)33-16-34-29(21)36-11-9-35(10-12-36)20(5)37/h6-7,13,16,18-19,24H,8-12,14-15,17H2,1-5H3. The molecule has 14 heteroatoms. The number of phosphoric ester groups is 1. The first-order chi connectivity index (χ1) is 20.4. The van der Waals surface area contributed by atoms with Crippen molar-refractivity contribution in [3.05, 3.63) is 46.8 Å². The number of benzene rings is 1. The van der Waals surface area contributed by atoms with Crippen molar-refractivity contribution in [2.24, 2.45) is 11.8 Å². The maximum Gasteiger partial charge on any atom is 0.476 e. The van der Waals surface area contributed by atoms with E-state index in [9.17, 15) is 9.36 Å². The summed E-state index contributed by atoms with van der Waals surface area (Å²) in [5, 5.41) is 0.313. The molecule has 0 radical (unpaired) electrons. The van der Waals surface area contributed by atoms with Crippen LogP contribution in [-0.2, 0) is 27.7 Å². The van der Waals surface area contributed by atoms with Crippen molar-refractivity contribution in [3.8, 4) is 0 Å². The molecule has 0 bridgehead atoms. The molecule has 1 aliphatic heterocycles. The number of ether oxygens (including phenoxy) is 1. The molecular weight excluding hydrogens is 605 g/mol. The molecule has 0 spiro atoms. The van der Waals surface area contributed by atoms with Crippen LogP contribution in [0.25, 0.3) is 16.5 Å². The molecule has 1 saturated heterocycles. The number of halogens is 3. The van der Waals surface area contributed by atoms with Gasteiger partial charge in [0.15, 0.2) is 12.6 Å². The van der Waals surface area contributed by atoms with E-state index in [0.717, 1.165) is 0 Å². The summed E-state index contributed by atoms with van der Waals surface area (Å²) in [7, 11) is -3.98. The molecular formula is C29H38ClF2N4O6P. The highest BCUT2D eigenvalue weighted by Gasteiger charge is 2.32. The van der Waals surface area contributed by atoms with Crippen LogP contribution in [0.4, 0.5) is 14.6 Å². The summed E-state index contributed by atoms with van der Waals surface area (Å²) in [6, 6.07) is 1.52. The number of hydrogen-bond acceptors (Lipinski definition) is 9. The lowest BCUT2D eigenvalue weighted by Crippen LogP contribution is -2.48. The number of phosphoric acid groups is 1. The number of carbonyl (C=O) groups excluding carboxylic acids is 1. The SMILES string of the molecule is CC(=O)N1CCN(c2ncnc3c(F)c(C4=C(F)C=CCC4OCOP(=O)(OCC(C)C)OCC(C)C)c(Cl)cc23)CC1. The quantitative estimate of drug-likeness (QED) is 0.188. The second-order valence-electron chi connectivity index (χ2n) is 11.3. The summed E-state index contributed by atoms with van der Waals surface area (Å²) >= 11 is 6.63. The van der Waals surface area contributed by atoms with Gasteiger partial charge in [0.25, 0.3) is 0 Å². The number of nitrogens with zero attached hydrogens (tertiary/aromatic N) is 4. The van der Waals surface area contributed by atoms with Gasteiger partial charge in [-0.25, -0.2) is 23.3 Å². The van der Waals surface area contributed by atoms with E-state index in [0.29, 0.717) is 37.4 Å². The lowest BCUT2D eigenvalue weighted by molar-refractivity contribution is -0.129. The first kappa shape index (κ1) is 33.4. The Hall–Kier alpha value is -2.47. The van der Waals surface area contributed by atoms with Gasteiger partial charge in [0, 0.05) is 49.6 Å². The summed E-state index contributed by atoms with van der Waals surface area (Å²) in [5.41, 5.74) is -0.342. The van der Waals surface area contributed by atoms with Gasteiger partial charge in [0.05, 0.1) is 24.3 Å². The molecule has 0 N–H and O–H groups in total. The Balaban J connectivity index is 1.59. The van der Waals surface area contributed by atoms with Crippen LogP contribution < -0.4 is 4.90 Å². The van der Waals surface area contributed by atoms with Gasteiger partial charge in [-0.2, -0.15) is 0 Å². The molecule has 1 unspecified atom stereocenters. The highest BCUT2D eigenvalue weighted by atomic mass is 35.5. The van der Waals surface area contributed by atoms with E-state index in [-0.39, 0.29) is 59.1 Å². The monoisotopic (exact) mass is 642 g/mol. The smallest absolute Gasteiger partial charge is 0.352 e. The lowest BCUT2D eigenvalue weighted by atomic mass is 9.92. The maximum atomic E-state index is 16.2. The van der Waals surface area contributed by atoms with Gasteiger partial charge in [-0.05, 0) is 30.4 Å². The predicted molar refractivity (Wildman–Crippen MR) is 161 cm³/mol. The number of rotatable bonds is 12. The number of carbonyl (C=O) groups is 1. The molecule has 43 heavy (non-hydrogen) atoms. The third-order valence-electron chi connectivity index (χ3n) is 6.90. The van der Waals surface area contributed by atoms with Crippen molar-refractivity contribution < 1.29 is 36.4 Å². The molecule has 4 rings (SSSR count). The average molecular weight is 643 g/mol. The summed E-state index contributed by atoms with van der Waals surface area (Å²) in [5.74, 6) is -0.964. The van der Waals surface area contributed by atoms with Crippen LogP contribution in [0, 0.1) is 17.7 Å². The van der Waals surface area contributed by atoms with E-state index < -0.39 is 32.4 Å². The summed E-state index contributed by atoms with van der Waals surface area (Å²) < 4.78 is 66.9. The van der Waals surface area contributed by atoms with Crippen molar-refractivity contribution >= 4 is 47.6 Å². The number of aromatic nitrogens is 2. The lowest BCUT2D eigenvalue weighted by Gasteiger charge is -2.35. The Labute approximate surface area is 255 Å². The number of piperazine rings is 1. The highest BCUT2D eigenvalue weighted by molar-refractivity contribution is 7.48. The van der Waals surface area contributed by atoms with Gasteiger partial charge in [-0.1, -0.05) is 45.4 Å². The first-order valence-electron chi connectivity index (χ1n) is 14.2. The molecule has 236 valence electrons. The van der Waals surface area contributed by atoms with Crippen LogP contribution in [0.5, 0.6) is 0 Å². The molecule has 1 atom stereocenters. The minimum absolute atomic E-state index is 0.0149. The number of amides is 1. The molecule has 1 aromatic heterocycles. The van der Waals surface area contributed by atoms with Gasteiger partial charge in [0.2, 0.25) is 5.91 Å². The number of anilines is 1. The first-order valence-corrected chi connectivity index (χ1v) is 16.1. The van der Waals surface area contributed by atoms with E-state index in [1.165, 1.54) is 25.4 Å². The van der Waals surface area contributed by atoms with Crippen LogP contribution in [-0.4, -0.2) is 73.1 Å². The molecule has 1 amide bonds. The Bertz CT molecular complexity index is 1420. The summed E-state index contributed by atoms with van der Waals surface area (Å²) in [6.45, 7) is 10.8. The van der Waals surface area contributed by atoms with Crippen molar-refractivity contribution in [2.75, 3.05) is 51.1 Å². The van der Waals surface area contributed by atoms with Crippen molar-refractivity contribution in [2.45, 2.75) is 47.1 Å². The third kappa shape index (κ3) is 8.17. The van der Waals surface area contributed by atoms with E-state index in [1.807, 2.05) is 32.6 Å². The fourth-order valence-electron chi connectivity index (χ4n) is 4.71. The van der Waals surface area contributed by atoms with Crippen molar-refractivity contribution in [1.29, 1.82) is 0 Å². The normalized spacial score (nSPS) is 18.0. The van der Waals surface area contributed by atoms with Crippen LogP contribution in [0.1, 0.15) is 46.6 Å². The number of fused-ring (bicyclic) bond motifs is 1. The Morgan fingerprint density at radius 2 is 1.72 bits per heavy atom. The average Bonchev–Trinajstić information content (AvgIpc) is 2.96. The van der Waals surface area contributed by atoms with Gasteiger partial charge in [-0.15, -0.1) is 0 Å². The second-order valence-corrected chi connectivity index (χ2v) is 13.3. The zero-order chi connectivity index (χ0) is 31.3. The van der Waals surface area contributed by atoms with E-state index >= 15 is 8.78 Å². The van der Waals surface area contributed by atoms with E-state index in [2.05, 4.69) is 9.97 Å². The minimum atomic E-state index is -3.98. The molecule has 2 heterocycles. The zero-order valence-electron chi connectivity index (χ0n) is 25.0. The number of hydrogen-bond donors (Lipinski definition) is 0. The Kier molecular flexibility index (Phi) is 11.3. The summed E-state index contributed by atoms with van der Waals surface area (Å²) in [4.78, 5) is 23.9. The Morgan fingerprint density at radius 1 is 1.07 bits per heavy atom. The molecule has 2 aromatic rings. The van der Waals surface area contributed by atoms with Gasteiger partial charge in [-0.3, -0.25) is 18.4 Å². The maximum absolute atomic E-state index is 16.2. The molecule has 10 nitrogen and oxygen atoms in total. The fourth-order valence-corrected chi connectivity index (χ4v) is 6.38. The molecule has 1 aliphatic carbocycles. The van der Waals surface area contributed by atoms with Crippen LogP contribution >= 0.6 is 19.4 Å². The van der Waals surface area contributed by atoms with Crippen LogP contribution in [0.15, 0.2) is 30.4 Å². The molecule has 0 saturated carbocycles. The van der Waals surface area contributed by atoms with Gasteiger partial charge < -0.3 is 14.5 Å². The minimum Gasteiger partial charge on any atom is -0.352 e. The number of allylic oxidation sites excluding steroid dienone is 2. The van der Waals surface area contributed by atoms with Crippen LogP contribution in [0.3, 0.4) is 0 Å². The van der Waals surface area contributed by atoms with Crippen LogP contribution in [0.2, 0.25) is 5.02 Å². The highest BCUT2D eigenvalue weighted by Crippen LogP contribution is 2.50. The molecule has 1 aromatic carbocycles. The van der Waals surface area contributed by atoms with Gasteiger partial charge in [0.1, 0.15) is 23.5 Å². The van der Waals surface area contributed by atoms with Gasteiger partial charge >= 0.3 is 7.82 Å². The van der Waals surface area contributed by atoms with Crippen molar-refractivity contribution in [1.82, 2.24) is 14.9 Å². The predicted octanol–water partition coefficient (Wildman–Crippen LogP) is 6.54. The fraction of sp³-hybridized carbons (Fsp3) is 0.552. The second kappa shape index (κ2) is 14.5. The van der Waals surface area contributed by atoms with E-state index in [4.69, 9.17) is 29.9 Å². The third-order valence-corrected chi connectivity index (χ3v) is 8.55. The van der Waals surface area contributed by atoms with E-state index in [1.54, 1.807) is 11.0 Å².